The van der Waals surface area contributed by atoms with Crippen LogP contribution in [0.5, 0.6) is 0 Å². The third-order valence-corrected chi connectivity index (χ3v) is 2.47. The van der Waals surface area contributed by atoms with Crippen LogP contribution >= 0.6 is 15.9 Å². The number of amides is 1. The number of hydrogen-bond acceptors (Lipinski definition) is 3. The first kappa shape index (κ1) is 12.0. The van der Waals surface area contributed by atoms with Gasteiger partial charge in [0.2, 0.25) is 0 Å². The summed E-state index contributed by atoms with van der Waals surface area (Å²) in [7, 11) is 0. The van der Waals surface area contributed by atoms with Gasteiger partial charge in [0, 0.05) is 13.1 Å². The molecule has 0 aromatic carbocycles. The number of hydrogen-bond donors (Lipinski definition) is 1. The monoisotopic (exact) mass is 273 g/mol. The van der Waals surface area contributed by atoms with Gasteiger partial charge in [-0.1, -0.05) is 6.08 Å². The Hall–Kier alpha value is -1.07. The second kappa shape index (κ2) is 5.72. The topological polar surface area (TPSA) is 53.7 Å². The number of carbonyl (C=O) groups is 1. The number of rotatable bonds is 5. The van der Waals surface area contributed by atoms with Crippen molar-refractivity contribution >= 4 is 21.8 Å². The van der Waals surface area contributed by atoms with Crippen LogP contribution in [0.4, 0.5) is 0 Å². The van der Waals surface area contributed by atoms with Gasteiger partial charge in [-0.2, -0.15) is 0 Å². The lowest BCUT2D eigenvalue weighted by atomic mass is 10.3. The summed E-state index contributed by atoms with van der Waals surface area (Å²) < 4.78 is 5.38. The molecule has 4 nitrogen and oxygen atoms in total. The Balaban J connectivity index is 2.80. The summed E-state index contributed by atoms with van der Waals surface area (Å²) in [5.74, 6) is -0.190. The molecule has 1 N–H and O–H groups in total. The van der Waals surface area contributed by atoms with Gasteiger partial charge < -0.3 is 14.4 Å². The first-order valence-corrected chi connectivity index (χ1v) is 5.24. The molecular formula is C10H12BrNO3. The number of carbonyl (C=O) groups excluding carboxylic acids is 1. The van der Waals surface area contributed by atoms with E-state index in [-0.39, 0.29) is 19.1 Å². The Morgan fingerprint density at radius 2 is 2.47 bits per heavy atom. The minimum Gasteiger partial charge on any atom is -0.457 e. The summed E-state index contributed by atoms with van der Waals surface area (Å²) in [5, 5.41) is 8.82. The predicted molar refractivity (Wildman–Crippen MR) is 59.6 cm³/mol. The Morgan fingerprint density at radius 1 is 1.73 bits per heavy atom. The third kappa shape index (κ3) is 2.94. The smallest absolute Gasteiger partial charge is 0.258 e. The largest absolute Gasteiger partial charge is 0.457 e. The van der Waals surface area contributed by atoms with Crippen LogP contribution in [0, 0.1) is 0 Å². The van der Waals surface area contributed by atoms with Crippen molar-refractivity contribution in [3.8, 4) is 0 Å². The average Bonchev–Trinajstić information content (AvgIpc) is 2.63. The van der Waals surface area contributed by atoms with Crippen molar-refractivity contribution in [3.05, 3.63) is 35.2 Å². The van der Waals surface area contributed by atoms with E-state index in [4.69, 9.17) is 9.52 Å². The van der Waals surface area contributed by atoms with Crippen LogP contribution in [-0.4, -0.2) is 35.6 Å². The lowest BCUT2D eigenvalue weighted by Gasteiger charge is -2.19. The Morgan fingerprint density at radius 3 is 2.93 bits per heavy atom. The van der Waals surface area contributed by atoms with Crippen LogP contribution in [0.3, 0.4) is 0 Å². The minimum absolute atomic E-state index is 0.0744. The van der Waals surface area contributed by atoms with E-state index in [0.717, 1.165) is 0 Å². The molecule has 1 aromatic heterocycles. The molecule has 1 aromatic rings. The van der Waals surface area contributed by atoms with Gasteiger partial charge in [0.25, 0.3) is 5.91 Å². The molecule has 0 saturated heterocycles. The summed E-state index contributed by atoms with van der Waals surface area (Å²) in [6.07, 6.45) is 3.05. The highest BCUT2D eigenvalue weighted by atomic mass is 79.9. The minimum atomic E-state index is -0.190. The number of nitrogens with zero attached hydrogens (tertiary/aromatic N) is 1. The second-order valence-corrected chi connectivity index (χ2v) is 3.59. The van der Waals surface area contributed by atoms with Crippen molar-refractivity contribution in [3.63, 3.8) is 0 Å². The van der Waals surface area contributed by atoms with Gasteiger partial charge in [0.15, 0.2) is 4.67 Å². The SMILES string of the molecule is C=CCN(CCO)C(=O)c1ccoc1Br. The fourth-order valence-electron chi connectivity index (χ4n) is 1.17. The Labute approximate surface area is 96.3 Å². The summed E-state index contributed by atoms with van der Waals surface area (Å²) in [4.78, 5) is 13.4. The highest BCUT2D eigenvalue weighted by molar-refractivity contribution is 9.10. The molecule has 1 rings (SSSR count). The molecule has 15 heavy (non-hydrogen) atoms. The van der Waals surface area contributed by atoms with Gasteiger partial charge in [0.05, 0.1) is 18.4 Å². The lowest BCUT2D eigenvalue weighted by Crippen LogP contribution is -2.33. The maximum Gasteiger partial charge on any atom is 0.258 e. The van der Waals surface area contributed by atoms with Crippen molar-refractivity contribution in [1.82, 2.24) is 4.90 Å². The number of furan rings is 1. The maximum atomic E-state index is 11.9. The second-order valence-electron chi connectivity index (χ2n) is 2.87. The van der Waals surface area contributed by atoms with Crippen LogP contribution in [-0.2, 0) is 0 Å². The van der Waals surface area contributed by atoms with E-state index in [1.165, 1.54) is 11.2 Å². The van der Waals surface area contributed by atoms with E-state index in [9.17, 15) is 4.79 Å². The Bertz CT molecular complexity index is 348. The highest BCUT2D eigenvalue weighted by Crippen LogP contribution is 2.19. The van der Waals surface area contributed by atoms with E-state index in [0.29, 0.717) is 16.8 Å². The number of halogens is 1. The van der Waals surface area contributed by atoms with Gasteiger partial charge in [-0.15, -0.1) is 6.58 Å². The number of aliphatic hydroxyl groups excluding tert-OH is 1. The van der Waals surface area contributed by atoms with E-state index in [2.05, 4.69) is 22.5 Å². The zero-order valence-electron chi connectivity index (χ0n) is 8.15. The standard InChI is InChI=1S/C10H12BrNO3/c1-2-4-12(5-6-13)10(14)8-3-7-15-9(8)11/h2-3,7,13H,1,4-6H2. The fraction of sp³-hybridized carbons (Fsp3) is 0.300. The van der Waals surface area contributed by atoms with Crippen LogP contribution in [0.15, 0.2) is 34.1 Å². The van der Waals surface area contributed by atoms with Gasteiger partial charge in [-0.25, -0.2) is 0 Å². The summed E-state index contributed by atoms with van der Waals surface area (Å²) >= 11 is 3.13. The molecule has 0 bridgehead atoms. The maximum absolute atomic E-state index is 11.9. The molecule has 0 aliphatic rings. The number of aliphatic hydroxyl groups is 1. The summed E-state index contributed by atoms with van der Waals surface area (Å²) in [6, 6.07) is 1.58. The molecule has 1 amide bonds. The van der Waals surface area contributed by atoms with Crippen LogP contribution in [0.1, 0.15) is 10.4 Å². The Kier molecular flexibility index (Phi) is 4.58. The van der Waals surface area contributed by atoms with Crippen LogP contribution in [0.25, 0.3) is 0 Å². The van der Waals surface area contributed by atoms with Crippen molar-refractivity contribution in [2.45, 2.75) is 0 Å². The van der Waals surface area contributed by atoms with Crippen LogP contribution < -0.4 is 0 Å². The zero-order valence-corrected chi connectivity index (χ0v) is 9.74. The van der Waals surface area contributed by atoms with Crippen molar-refractivity contribution in [2.75, 3.05) is 19.7 Å². The van der Waals surface area contributed by atoms with Crippen LogP contribution in [0.2, 0.25) is 0 Å². The lowest BCUT2D eigenvalue weighted by molar-refractivity contribution is 0.0741. The van der Waals surface area contributed by atoms with E-state index in [1.807, 2.05) is 0 Å². The quantitative estimate of drug-likeness (QED) is 0.831. The first-order valence-electron chi connectivity index (χ1n) is 4.44. The molecule has 82 valence electrons. The average molecular weight is 274 g/mol. The van der Waals surface area contributed by atoms with Gasteiger partial charge in [-0.3, -0.25) is 4.79 Å². The molecule has 0 radical (unpaired) electrons. The molecule has 0 unspecified atom stereocenters. The molecule has 0 atom stereocenters. The molecule has 0 aliphatic heterocycles. The van der Waals surface area contributed by atoms with Crippen molar-refractivity contribution in [2.24, 2.45) is 0 Å². The van der Waals surface area contributed by atoms with E-state index < -0.39 is 0 Å². The fourth-order valence-corrected chi connectivity index (χ4v) is 1.58. The third-order valence-electron chi connectivity index (χ3n) is 1.85. The molecule has 0 aliphatic carbocycles. The van der Waals surface area contributed by atoms with E-state index >= 15 is 0 Å². The predicted octanol–water partition coefficient (Wildman–Crippen LogP) is 1.66. The van der Waals surface area contributed by atoms with E-state index in [1.54, 1.807) is 12.1 Å². The van der Waals surface area contributed by atoms with Gasteiger partial charge in [0.1, 0.15) is 0 Å². The van der Waals surface area contributed by atoms with Crippen molar-refractivity contribution < 1.29 is 14.3 Å². The summed E-state index contributed by atoms with van der Waals surface area (Å²) in [5.41, 5.74) is 0.449. The highest BCUT2D eigenvalue weighted by Gasteiger charge is 2.18. The molecule has 0 saturated carbocycles. The molecular weight excluding hydrogens is 262 g/mol. The van der Waals surface area contributed by atoms with Gasteiger partial charge in [-0.05, 0) is 22.0 Å². The first-order chi connectivity index (χ1) is 7.20. The molecule has 5 heteroatoms. The molecule has 0 spiro atoms. The molecule has 1 heterocycles. The molecule has 0 fully saturated rings. The summed E-state index contributed by atoms with van der Waals surface area (Å²) in [6.45, 7) is 4.16. The van der Waals surface area contributed by atoms with Crippen molar-refractivity contribution in [1.29, 1.82) is 0 Å². The van der Waals surface area contributed by atoms with Gasteiger partial charge >= 0.3 is 0 Å². The zero-order chi connectivity index (χ0) is 11.3. The normalized spacial score (nSPS) is 10.0.